The Bertz CT molecular complexity index is 1420. The average Bonchev–Trinajstić information content (AvgIpc) is 3.05. The summed E-state index contributed by atoms with van der Waals surface area (Å²) in [6, 6.07) is 28.8. The molecule has 1 aliphatic rings. The minimum Gasteiger partial charge on any atom is -0.200 e. The third-order valence-electron chi connectivity index (χ3n) is 6.24. The minimum atomic E-state index is 1.30. The van der Waals surface area contributed by atoms with E-state index >= 15 is 0 Å². The van der Waals surface area contributed by atoms with Crippen LogP contribution in [-0.4, -0.2) is 0 Å². The molecule has 0 aliphatic heterocycles. The molecule has 5 aromatic rings. The zero-order valence-electron chi connectivity index (χ0n) is 16.0. The van der Waals surface area contributed by atoms with Gasteiger partial charge < -0.3 is 0 Å². The van der Waals surface area contributed by atoms with Crippen LogP contribution in [0.15, 0.2) is 85.1 Å². The Morgan fingerprint density at radius 3 is 2.21 bits per heavy atom. The maximum absolute atomic E-state index is 2.29. The van der Waals surface area contributed by atoms with E-state index in [2.05, 4.69) is 104 Å². The predicted octanol–water partition coefficient (Wildman–Crippen LogP) is 6.44. The molecule has 0 atom stereocenters. The van der Waals surface area contributed by atoms with Gasteiger partial charge in [-0.1, -0.05) is 66.7 Å². The molecule has 0 N–H and O–H groups in total. The summed E-state index contributed by atoms with van der Waals surface area (Å²) < 4.78 is 2.28. The van der Waals surface area contributed by atoms with E-state index in [1.165, 1.54) is 60.6 Å². The second-order valence-corrected chi connectivity index (χ2v) is 7.73. The summed E-state index contributed by atoms with van der Waals surface area (Å²) in [6.45, 7) is 2.25. The highest BCUT2D eigenvalue weighted by atomic mass is 14.9. The van der Waals surface area contributed by atoms with Crippen molar-refractivity contribution in [3.8, 4) is 33.5 Å². The van der Waals surface area contributed by atoms with Gasteiger partial charge in [0.2, 0.25) is 5.69 Å². The zero-order chi connectivity index (χ0) is 18.8. The zero-order valence-corrected chi connectivity index (χ0v) is 16.0. The Kier molecular flexibility index (Phi) is 3.08. The SMILES string of the molecule is Cc1c(-c2c3c(cc[n+]2C)-c2cccc4cccc-3c24)ccc2ccccc12. The average molecular weight is 358 g/mol. The number of pyridine rings is 1. The molecule has 0 fully saturated rings. The second-order valence-electron chi connectivity index (χ2n) is 7.73. The highest BCUT2D eigenvalue weighted by molar-refractivity contribution is 6.17. The van der Waals surface area contributed by atoms with Crippen LogP contribution in [0.4, 0.5) is 0 Å². The molecule has 1 aliphatic carbocycles. The molecule has 0 spiro atoms. The van der Waals surface area contributed by atoms with Crippen LogP contribution in [0.3, 0.4) is 0 Å². The Hall–Kier alpha value is -3.45. The van der Waals surface area contributed by atoms with Crippen molar-refractivity contribution in [2.75, 3.05) is 0 Å². The van der Waals surface area contributed by atoms with Crippen molar-refractivity contribution in [3.63, 3.8) is 0 Å². The van der Waals surface area contributed by atoms with E-state index in [9.17, 15) is 0 Å². The highest BCUT2D eigenvalue weighted by Gasteiger charge is 2.30. The van der Waals surface area contributed by atoms with Gasteiger partial charge in [0, 0.05) is 11.6 Å². The van der Waals surface area contributed by atoms with Gasteiger partial charge in [-0.25, -0.2) is 4.57 Å². The van der Waals surface area contributed by atoms with Crippen LogP contribution >= 0.6 is 0 Å². The molecule has 132 valence electrons. The molecule has 1 heterocycles. The number of hydrogen-bond donors (Lipinski definition) is 0. The van der Waals surface area contributed by atoms with Gasteiger partial charge in [0.05, 0.1) is 11.1 Å². The summed E-state index contributed by atoms with van der Waals surface area (Å²) in [4.78, 5) is 0. The van der Waals surface area contributed by atoms with Crippen molar-refractivity contribution in [2.24, 2.45) is 7.05 Å². The number of benzene rings is 4. The fourth-order valence-electron chi connectivity index (χ4n) is 4.93. The third-order valence-corrected chi connectivity index (χ3v) is 6.24. The lowest BCUT2D eigenvalue weighted by atomic mass is 9.92. The van der Waals surface area contributed by atoms with Gasteiger partial charge in [-0.05, 0) is 51.2 Å². The predicted molar refractivity (Wildman–Crippen MR) is 117 cm³/mol. The summed E-state index contributed by atoms with van der Waals surface area (Å²) in [7, 11) is 2.16. The van der Waals surface area contributed by atoms with E-state index in [1.54, 1.807) is 0 Å². The molecular formula is C27H20N+. The lowest BCUT2D eigenvalue weighted by Crippen LogP contribution is -2.31. The van der Waals surface area contributed by atoms with Crippen molar-refractivity contribution in [2.45, 2.75) is 6.92 Å². The first-order valence-corrected chi connectivity index (χ1v) is 9.78. The number of hydrogen-bond acceptors (Lipinski definition) is 0. The van der Waals surface area contributed by atoms with Gasteiger partial charge in [0.1, 0.15) is 7.05 Å². The van der Waals surface area contributed by atoms with Gasteiger partial charge in [-0.2, -0.15) is 0 Å². The molecule has 1 heteroatoms. The maximum Gasteiger partial charge on any atom is 0.221 e. The second kappa shape index (κ2) is 5.53. The first-order chi connectivity index (χ1) is 13.7. The summed E-state index contributed by atoms with van der Waals surface area (Å²) in [6.07, 6.45) is 2.20. The van der Waals surface area contributed by atoms with Crippen LogP contribution in [0.1, 0.15) is 5.56 Å². The van der Waals surface area contributed by atoms with Crippen molar-refractivity contribution in [1.29, 1.82) is 0 Å². The third kappa shape index (κ3) is 1.94. The van der Waals surface area contributed by atoms with E-state index in [0.717, 1.165) is 0 Å². The number of nitrogens with zero attached hydrogens (tertiary/aromatic N) is 1. The number of aryl methyl sites for hydroxylation is 2. The van der Waals surface area contributed by atoms with Crippen molar-refractivity contribution in [3.05, 3.63) is 90.6 Å². The van der Waals surface area contributed by atoms with E-state index in [0.29, 0.717) is 0 Å². The van der Waals surface area contributed by atoms with E-state index in [-0.39, 0.29) is 0 Å². The van der Waals surface area contributed by atoms with Crippen LogP contribution in [0.25, 0.3) is 55.1 Å². The molecular weight excluding hydrogens is 338 g/mol. The van der Waals surface area contributed by atoms with Gasteiger partial charge in [-0.15, -0.1) is 0 Å². The molecule has 0 bridgehead atoms. The normalized spacial score (nSPS) is 11.9. The van der Waals surface area contributed by atoms with Crippen LogP contribution in [0.5, 0.6) is 0 Å². The molecule has 0 unspecified atom stereocenters. The molecule has 28 heavy (non-hydrogen) atoms. The Morgan fingerprint density at radius 1 is 0.607 bits per heavy atom. The van der Waals surface area contributed by atoms with Crippen LogP contribution < -0.4 is 4.57 Å². The van der Waals surface area contributed by atoms with Crippen molar-refractivity contribution < 1.29 is 4.57 Å². The molecule has 0 radical (unpaired) electrons. The Balaban J connectivity index is 1.76. The van der Waals surface area contributed by atoms with Crippen LogP contribution in [-0.2, 0) is 7.05 Å². The highest BCUT2D eigenvalue weighted by Crippen LogP contribution is 2.50. The fraction of sp³-hybridized carbons (Fsp3) is 0.0741. The summed E-state index contributed by atoms with van der Waals surface area (Å²) in [5, 5.41) is 5.32. The molecule has 0 saturated heterocycles. The lowest BCUT2D eigenvalue weighted by molar-refractivity contribution is -0.659. The smallest absolute Gasteiger partial charge is 0.200 e. The maximum atomic E-state index is 2.29. The van der Waals surface area contributed by atoms with Gasteiger partial charge >= 0.3 is 0 Å². The summed E-state index contributed by atoms with van der Waals surface area (Å²) in [5.41, 5.74) is 9.34. The van der Waals surface area contributed by atoms with Gasteiger partial charge in [0.15, 0.2) is 6.20 Å². The monoisotopic (exact) mass is 358 g/mol. The fourth-order valence-corrected chi connectivity index (χ4v) is 4.93. The largest absolute Gasteiger partial charge is 0.221 e. The topological polar surface area (TPSA) is 3.88 Å². The van der Waals surface area contributed by atoms with Crippen molar-refractivity contribution >= 4 is 21.5 Å². The quantitative estimate of drug-likeness (QED) is 0.298. The summed E-state index contributed by atoms with van der Waals surface area (Å²) >= 11 is 0. The molecule has 6 rings (SSSR count). The van der Waals surface area contributed by atoms with E-state index < -0.39 is 0 Å². The molecule has 1 nitrogen and oxygen atoms in total. The molecule has 4 aromatic carbocycles. The molecule has 1 aromatic heterocycles. The number of rotatable bonds is 1. The van der Waals surface area contributed by atoms with E-state index in [1.807, 2.05) is 0 Å². The van der Waals surface area contributed by atoms with E-state index in [4.69, 9.17) is 0 Å². The Morgan fingerprint density at radius 2 is 1.36 bits per heavy atom. The first-order valence-electron chi connectivity index (χ1n) is 9.78. The lowest BCUT2D eigenvalue weighted by Gasteiger charge is -2.12. The molecule has 0 amide bonds. The standard InChI is InChI=1S/C27H20N/c1-17-20-10-4-3-7-18(20)13-14-21(17)27-26-23(15-16-28(27)2)22-11-5-8-19-9-6-12-24(26)25(19)22/h3-16H,1-2H3/q+1. The van der Waals surface area contributed by atoms with Crippen molar-refractivity contribution in [1.82, 2.24) is 0 Å². The summed E-state index contributed by atoms with van der Waals surface area (Å²) in [5.74, 6) is 0. The number of aromatic nitrogens is 1. The van der Waals surface area contributed by atoms with Gasteiger partial charge in [-0.3, -0.25) is 0 Å². The Labute approximate surface area is 164 Å². The van der Waals surface area contributed by atoms with Gasteiger partial charge in [0.25, 0.3) is 0 Å². The first kappa shape index (κ1) is 15.6. The minimum absolute atomic E-state index is 1.30. The van der Waals surface area contributed by atoms with Crippen LogP contribution in [0, 0.1) is 6.92 Å². The number of fused-ring (bicyclic) bond motifs is 4. The van der Waals surface area contributed by atoms with Crippen LogP contribution in [0.2, 0.25) is 0 Å². The molecule has 0 saturated carbocycles.